The van der Waals surface area contributed by atoms with E-state index in [0.29, 0.717) is 56.2 Å². The van der Waals surface area contributed by atoms with Crippen LogP contribution in [0.4, 0.5) is 5.82 Å². The van der Waals surface area contributed by atoms with Crippen molar-refractivity contribution in [2.75, 3.05) is 51.8 Å². The van der Waals surface area contributed by atoms with E-state index in [2.05, 4.69) is 9.88 Å². The number of carbonyl (C=O) groups is 2. The number of fused-ring (bicyclic) bond motifs is 4. The molecule has 2 atom stereocenters. The van der Waals surface area contributed by atoms with Gasteiger partial charge in [-0.2, -0.15) is 0 Å². The standard InChI is InChI=1S/C29H30N4O4/c1-36-23-17-19-10-12-33-27(22(19)18-24(23)37-2)26(20-7-3-4-8-21(20)28(33)34)29(35)32-15-13-31(14-16-32)25-9-5-6-11-30-25/h3-9,11,17-18,26-27H,10,12-16H2,1-2H3/t26-,27+/m0/s1. The Balaban J connectivity index is 1.38. The normalized spacial score (nSPS) is 20.6. The number of carbonyl (C=O) groups excluding carboxylic acids is 2. The van der Waals surface area contributed by atoms with Crippen molar-refractivity contribution in [3.05, 3.63) is 83.0 Å². The lowest BCUT2D eigenvalue weighted by atomic mass is 9.75. The topological polar surface area (TPSA) is 75.2 Å². The molecule has 0 aliphatic carbocycles. The first-order valence-corrected chi connectivity index (χ1v) is 12.7. The number of benzene rings is 2. The van der Waals surface area contributed by atoms with Crippen molar-refractivity contribution >= 4 is 17.6 Å². The molecule has 1 aromatic heterocycles. The van der Waals surface area contributed by atoms with Crippen LogP contribution in [0.2, 0.25) is 0 Å². The lowest BCUT2D eigenvalue weighted by Gasteiger charge is -2.47. The van der Waals surface area contributed by atoms with Gasteiger partial charge in [-0.15, -0.1) is 0 Å². The molecule has 3 aliphatic heterocycles. The van der Waals surface area contributed by atoms with Crippen molar-refractivity contribution in [2.24, 2.45) is 0 Å². The molecule has 0 N–H and O–H groups in total. The van der Waals surface area contributed by atoms with E-state index in [4.69, 9.17) is 9.47 Å². The number of piperazine rings is 1. The molecule has 3 aliphatic rings. The largest absolute Gasteiger partial charge is 0.493 e. The average molecular weight is 499 g/mol. The molecule has 1 saturated heterocycles. The van der Waals surface area contributed by atoms with Gasteiger partial charge in [-0.05, 0) is 53.4 Å². The highest BCUT2D eigenvalue weighted by molar-refractivity contribution is 6.01. The first kappa shape index (κ1) is 23.3. The second-order valence-electron chi connectivity index (χ2n) is 9.66. The fourth-order valence-corrected chi connectivity index (χ4v) is 6.01. The van der Waals surface area contributed by atoms with Crippen LogP contribution >= 0.6 is 0 Å². The number of amides is 2. The Hall–Kier alpha value is -4.07. The second-order valence-corrected chi connectivity index (χ2v) is 9.66. The highest BCUT2D eigenvalue weighted by atomic mass is 16.5. The van der Waals surface area contributed by atoms with Crippen molar-refractivity contribution in [1.29, 1.82) is 0 Å². The van der Waals surface area contributed by atoms with Crippen LogP contribution in [-0.4, -0.2) is 73.5 Å². The zero-order valence-electron chi connectivity index (χ0n) is 21.1. The Kier molecular flexibility index (Phi) is 5.94. The van der Waals surface area contributed by atoms with Gasteiger partial charge in [-0.25, -0.2) is 4.98 Å². The summed E-state index contributed by atoms with van der Waals surface area (Å²) in [6.45, 7) is 3.19. The second kappa shape index (κ2) is 9.42. The Morgan fingerprint density at radius 3 is 2.35 bits per heavy atom. The van der Waals surface area contributed by atoms with Crippen LogP contribution in [0.3, 0.4) is 0 Å². The lowest BCUT2D eigenvalue weighted by Crippen LogP contribution is -2.54. The molecular weight excluding hydrogens is 468 g/mol. The molecule has 3 aromatic rings. The summed E-state index contributed by atoms with van der Waals surface area (Å²) in [6, 6.07) is 17.0. The Bertz CT molecular complexity index is 1340. The van der Waals surface area contributed by atoms with Crippen LogP contribution in [0.1, 0.15) is 39.0 Å². The first-order valence-electron chi connectivity index (χ1n) is 12.7. The van der Waals surface area contributed by atoms with E-state index >= 15 is 0 Å². The molecule has 6 rings (SSSR count). The van der Waals surface area contributed by atoms with E-state index in [1.54, 1.807) is 20.4 Å². The molecule has 2 amide bonds. The number of rotatable bonds is 4. The molecule has 0 unspecified atom stereocenters. The third-order valence-electron chi connectivity index (χ3n) is 7.86. The molecule has 1 fully saturated rings. The van der Waals surface area contributed by atoms with Gasteiger partial charge in [0.2, 0.25) is 5.91 Å². The number of hydrogen-bond acceptors (Lipinski definition) is 6. The van der Waals surface area contributed by atoms with E-state index in [9.17, 15) is 9.59 Å². The van der Waals surface area contributed by atoms with Crippen LogP contribution in [0.5, 0.6) is 11.5 Å². The van der Waals surface area contributed by atoms with E-state index in [-0.39, 0.29) is 11.8 Å². The molecule has 0 spiro atoms. The minimum atomic E-state index is -0.493. The van der Waals surface area contributed by atoms with Crippen LogP contribution in [0, 0.1) is 0 Å². The van der Waals surface area contributed by atoms with Crippen LogP contribution in [0.25, 0.3) is 0 Å². The minimum Gasteiger partial charge on any atom is -0.493 e. The lowest BCUT2D eigenvalue weighted by molar-refractivity contribution is -0.135. The molecule has 0 bridgehead atoms. The molecular formula is C29H30N4O4. The van der Waals surface area contributed by atoms with Gasteiger partial charge in [0.25, 0.3) is 5.91 Å². The smallest absolute Gasteiger partial charge is 0.254 e. The van der Waals surface area contributed by atoms with Crippen molar-refractivity contribution < 1.29 is 19.1 Å². The number of aromatic nitrogens is 1. The van der Waals surface area contributed by atoms with Gasteiger partial charge in [0.05, 0.1) is 26.2 Å². The van der Waals surface area contributed by atoms with Gasteiger partial charge in [0, 0.05) is 44.5 Å². The van der Waals surface area contributed by atoms with Gasteiger partial charge in [0.15, 0.2) is 11.5 Å². The summed E-state index contributed by atoms with van der Waals surface area (Å²) >= 11 is 0. The average Bonchev–Trinajstić information content (AvgIpc) is 2.96. The van der Waals surface area contributed by atoms with E-state index < -0.39 is 12.0 Å². The number of pyridine rings is 1. The van der Waals surface area contributed by atoms with Gasteiger partial charge in [0.1, 0.15) is 5.82 Å². The van der Waals surface area contributed by atoms with Crippen LogP contribution in [-0.2, 0) is 11.2 Å². The van der Waals surface area contributed by atoms with Gasteiger partial charge < -0.3 is 24.2 Å². The number of hydrogen-bond donors (Lipinski definition) is 0. The summed E-state index contributed by atoms with van der Waals surface area (Å²) in [7, 11) is 3.23. The minimum absolute atomic E-state index is 0.0231. The SMILES string of the molecule is COc1cc2c(cc1OC)[C@@H]1[C@@H](C(=O)N3CCN(c4ccccn4)CC3)c3ccccc3C(=O)N1CC2. The van der Waals surface area contributed by atoms with Gasteiger partial charge >= 0.3 is 0 Å². The van der Waals surface area contributed by atoms with E-state index in [1.807, 2.05) is 64.4 Å². The molecule has 0 saturated carbocycles. The van der Waals surface area contributed by atoms with E-state index in [1.165, 1.54) is 0 Å². The van der Waals surface area contributed by atoms with Gasteiger partial charge in [-0.3, -0.25) is 9.59 Å². The van der Waals surface area contributed by atoms with Crippen molar-refractivity contribution in [3.8, 4) is 11.5 Å². The van der Waals surface area contributed by atoms with Crippen molar-refractivity contribution in [3.63, 3.8) is 0 Å². The summed E-state index contributed by atoms with van der Waals surface area (Å²) in [5.74, 6) is 1.72. The molecule has 190 valence electrons. The number of methoxy groups -OCH3 is 2. The van der Waals surface area contributed by atoms with Crippen molar-refractivity contribution in [2.45, 2.75) is 18.4 Å². The monoisotopic (exact) mass is 498 g/mol. The maximum atomic E-state index is 14.3. The number of nitrogens with zero attached hydrogens (tertiary/aromatic N) is 4. The molecule has 37 heavy (non-hydrogen) atoms. The highest BCUT2D eigenvalue weighted by Crippen LogP contribution is 2.48. The van der Waals surface area contributed by atoms with Crippen LogP contribution in [0.15, 0.2) is 60.8 Å². The molecule has 0 radical (unpaired) electrons. The Labute approximate surface area is 216 Å². The molecule has 2 aromatic carbocycles. The third-order valence-corrected chi connectivity index (χ3v) is 7.86. The zero-order valence-corrected chi connectivity index (χ0v) is 21.1. The summed E-state index contributed by atoms with van der Waals surface area (Å²) in [5.41, 5.74) is 3.46. The quantitative estimate of drug-likeness (QED) is 0.550. The molecule has 8 nitrogen and oxygen atoms in total. The number of anilines is 1. The maximum Gasteiger partial charge on any atom is 0.254 e. The predicted octanol–water partition coefficient (Wildman–Crippen LogP) is 3.28. The third kappa shape index (κ3) is 3.87. The zero-order chi connectivity index (χ0) is 25.5. The van der Waals surface area contributed by atoms with Gasteiger partial charge in [-0.1, -0.05) is 24.3 Å². The summed E-state index contributed by atoms with van der Waals surface area (Å²) in [6.07, 6.45) is 2.49. The Morgan fingerprint density at radius 2 is 1.62 bits per heavy atom. The Morgan fingerprint density at radius 1 is 0.892 bits per heavy atom. The fourth-order valence-electron chi connectivity index (χ4n) is 6.01. The van der Waals surface area contributed by atoms with E-state index in [0.717, 1.165) is 22.5 Å². The summed E-state index contributed by atoms with van der Waals surface area (Å²) < 4.78 is 11.2. The highest BCUT2D eigenvalue weighted by Gasteiger charge is 2.48. The molecule has 8 heteroatoms. The first-order chi connectivity index (χ1) is 18.1. The fraction of sp³-hybridized carbons (Fsp3) is 0.345. The van der Waals surface area contributed by atoms with Crippen molar-refractivity contribution in [1.82, 2.24) is 14.8 Å². The summed E-state index contributed by atoms with van der Waals surface area (Å²) in [4.78, 5) is 38.4. The maximum absolute atomic E-state index is 14.3. The predicted molar refractivity (Wildman–Crippen MR) is 139 cm³/mol. The summed E-state index contributed by atoms with van der Waals surface area (Å²) in [5, 5.41) is 0. The molecule has 4 heterocycles. The number of ether oxygens (including phenoxy) is 2. The van der Waals surface area contributed by atoms with Crippen LogP contribution < -0.4 is 14.4 Å².